The number of anilines is 1. The Balaban J connectivity index is 1.50. The second kappa shape index (κ2) is 10.2. The molecule has 222 valence electrons. The van der Waals surface area contributed by atoms with E-state index in [2.05, 4.69) is 10.4 Å². The van der Waals surface area contributed by atoms with E-state index in [1.165, 1.54) is 17.2 Å². The van der Waals surface area contributed by atoms with E-state index in [4.69, 9.17) is 4.74 Å². The highest BCUT2D eigenvalue weighted by atomic mass is 32.1. The molecule has 2 aromatic carbocycles. The van der Waals surface area contributed by atoms with E-state index >= 15 is 8.78 Å². The Kier molecular flexibility index (Phi) is 6.72. The molecule has 2 aliphatic rings. The maximum atomic E-state index is 16.2. The molecule has 3 amide bonds. The monoisotopic (exact) mass is 608 g/mol. The summed E-state index contributed by atoms with van der Waals surface area (Å²) in [6.07, 6.45) is -0.0207. The van der Waals surface area contributed by atoms with Gasteiger partial charge in [0.1, 0.15) is 28.3 Å². The van der Waals surface area contributed by atoms with Crippen molar-refractivity contribution in [2.24, 2.45) is 0 Å². The first kappa shape index (κ1) is 28.4. The Morgan fingerprint density at radius 2 is 1.95 bits per heavy atom. The molecule has 1 fully saturated rings. The second-order valence-electron chi connectivity index (χ2n) is 11.4. The van der Waals surface area contributed by atoms with Gasteiger partial charge >= 0.3 is 12.2 Å². The summed E-state index contributed by atoms with van der Waals surface area (Å²) in [6, 6.07) is 5.28. The Bertz CT molecular complexity index is 1890. The van der Waals surface area contributed by atoms with Gasteiger partial charge in [-0.2, -0.15) is 10.4 Å². The zero-order valence-electron chi connectivity index (χ0n) is 23.4. The van der Waals surface area contributed by atoms with Gasteiger partial charge in [-0.1, -0.05) is 6.07 Å². The van der Waals surface area contributed by atoms with E-state index in [1.807, 2.05) is 6.07 Å². The number of halogens is 2. The number of ether oxygens (including phenoxy) is 1. The van der Waals surface area contributed by atoms with Crippen molar-refractivity contribution >= 4 is 55.4 Å². The summed E-state index contributed by atoms with van der Waals surface area (Å²) >= 11 is 0.835. The fraction of sp³-hybridized carbons (Fsp3) is 0.345. The summed E-state index contributed by atoms with van der Waals surface area (Å²) in [5.74, 6) is -1.87. The first-order valence-corrected chi connectivity index (χ1v) is 14.3. The number of amides is 3. The summed E-state index contributed by atoms with van der Waals surface area (Å²) in [4.78, 5) is 40.6. The Labute approximate surface area is 247 Å². The lowest BCUT2D eigenvalue weighted by Crippen LogP contribution is -2.57. The Morgan fingerprint density at radius 3 is 2.65 bits per heavy atom. The third-order valence-electron chi connectivity index (χ3n) is 7.58. The van der Waals surface area contributed by atoms with Gasteiger partial charge < -0.3 is 19.6 Å². The fourth-order valence-corrected chi connectivity index (χ4v) is 6.86. The molecule has 1 atom stereocenters. The minimum Gasteiger partial charge on any atom is -0.465 e. The molecule has 0 radical (unpaired) electrons. The number of carbonyl (C=O) groups is 3. The Morgan fingerprint density at radius 1 is 1.19 bits per heavy atom. The molecule has 0 spiro atoms. The number of thiophene rings is 1. The molecule has 0 aliphatic carbocycles. The van der Waals surface area contributed by atoms with E-state index in [1.54, 1.807) is 30.4 Å². The molecule has 2 N–H and O–H groups in total. The lowest BCUT2D eigenvalue weighted by Gasteiger charge is -2.41. The van der Waals surface area contributed by atoms with E-state index in [-0.39, 0.29) is 57.0 Å². The Hall–Kier alpha value is -4.77. The SMILES string of the molecule is CC(C)(C)OC(=O)Nc1sc2c(F)ccc(-c3c(F)cc4c5c3cnn5CC[C@@H]3CN(C(=O)O)CCN3C4=O)c2c1C#N. The standard InChI is InChI=1S/C29H26F2N6O5S/c1-29(2,3)42-27(39)34-25-17(11-32)22-15(4-5-19(30)24(22)43-25)21-18-12-33-37-7-6-14-13-35(28(40)41)8-9-36(14)26(38)16(23(18)37)10-20(21)31/h4-5,10,12,14H,6-9,13H2,1-3H3,(H,34,39)(H,40,41)/t14-/m1/s1. The third-order valence-corrected chi connectivity index (χ3v) is 8.69. The highest BCUT2D eigenvalue weighted by Gasteiger charge is 2.37. The van der Waals surface area contributed by atoms with Crippen LogP contribution in [0.25, 0.3) is 32.1 Å². The lowest BCUT2D eigenvalue weighted by molar-refractivity contribution is 0.0417. The first-order valence-electron chi connectivity index (χ1n) is 13.5. The number of nitrogens with one attached hydrogen (secondary N) is 1. The third kappa shape index (κ3) is 4.79. The normalized spacial score (nSPS) is 16.9. The number of aryl methyl sites for hydroxylation is 1. The number of carboxylic acid groups (broad SMARTS) is 1. The zero-order valence-corrected chi connectivity index (χ0v) is 24.2. The van der Waals surface area contributed by atoms with Crippen LogP contribution in [0.2, 0.25) is 0 Å². The van der Waals surface area contributed by atoms with E-state index in [0.717, 1.165) is 23.5 Å². The fourth-order valence-electron chi connectivity index (χ4n) is 5.80. The minimum absolute atomic E-state index is 0.0359. The van der Waals surface area contributed by atoms with Gasteiger partial charge in [-0.25, -0.2) is 18.4 Å². The summed E-state index contributed by atoms with van der Waals surface area (Å²) in [5, 5.41) is 27.0. The number of aromatic nitrogens is 2. The topological polar surface area (TPSA) is 141 Å². The molecule has 11 nitrogen and oxygen atoms in total. The van der Waals surface area contributed by atoms with Crippen LogP contribution >= 0.6 is 11.3 Å². The highest BCUT2D eigenvalue weighted by molar-refractivity contribution is 7.23. The molecule has 1 saturated heterocycles. The second-order valence-corrected chi connectivity index (χ2v) is 12.4. The van der Waals surface area contributed by atoms with Gasteiger partial charge in [0.25, 0.3) is 5.91 Å². The van der Waals surface area contributed by atoms with Gasteiger partial charge in [0.2, 0.25) is 0 Å². The molecular formula is C29H26F2N6O5S. The van der Waals surface area contributed by atoms with Crippen LogP contribution in [0.3, 0.4) is 0 Å². The molecule has 4 heterocycles. The molecule has 0 bridgehead atoms. The number of carbonyl (C=O) groups excluding carboxylic acids is 2. The smallest absolute Gasteiger partial charge is 0.412 e. The average molecular weight is 609 g/mol. The summed E-state index contributed by atoms with van der Waals surface area (Å²) in [6.45, 7) is 5.83. The summed E-state index contributed by atoms with van der Waals surface area (Å²) in [5.41, 5.74) is -0.163. The van der Waals surface area contributed by atoms with Crippen molar-refractivity contribution in [2.45, 2.75) is 45.4 Å². The van der Waals surface area contributed by atoms with Crippen LogP contribution in [0, 0.1) is 23.0 Å². The van der Waals surface area contributed by atoms with Gasteiger partial charge in [-0.15, -0.1) is 11.3 Å². The predicted octanol–water partition coefficient (Wildman–Crippen LogP) is 5.62. The molecule has 2 aliphatic heterocycles. The number of nitriles is 1. The molecule has 4 aromatic rings. The van der Waals surface area contributed by atoms with E-state index in [9.17, 15) is 24.8 Å². The molecule has 0 unspecified atom stereocenters. The van der Waals surface area contributed by atoms with Crippen LogP contribution in [0.4, 0.5) is 23.4 Å². The van der Waals surface area contributed by atoms with Crippen LogP contribution in [0.1, 0.15) is 43.1 Å². The first-order chi connectivity index (χ1) is 20.4. The average Bonchev–Trinajstić information content (AvgIpc) is 3.51. The van der Waals surface area contributed by atoms with Crippen molar-refractivity contribution in [2.75, 3.05) is 25.0 Å². The number of benzene rings is 2. The van der Waals surface area contributed by atoms with Crippen molar-refractivity contribution in [1.82, 2.24) is 19.6 Å². The number of hydrogen-bond acceptors (Lipinski definition) is 7. The van der Waals surface area contributed by atoms with Gasteiger partial charge in [0, 0.05) is 42.5 Å². The number of fused-ring (bicyclic) bond motifs is 2. The van der Waals surface area contributed by atoms with Gasteiger partial charge in [0.05, 0.1) is 33.6 Å². The van der Waals surface area contributed by atoms with Crippen LogP contribution in [0.15, 0.2) is 24.4 Å². The largest absolute Gasteiger partial charge is 0.465 e. The summed E-state index contributed by atoms with van der Waals surface area (Å²) in [7, 11) is 0. The van der Waals surface area contributed by atoms with Crippen molar-refractivity contribution in [3.8, 4) is 17.2 Å². The molecule has 6 rings (SSSR count). The van der Waals surface area contributed by atoms with Gasteiger partial charge in [-0.3, -0.25) is 14.8 Å². The lowest BCUT2D eigenvalue weighted by atomic mass is 9.93. The number of rotatable bonds is 2. The predicted molar refractivity (Wildman–Crippen MR) is 154 cm³/mol. The van der Waals surface area contributed by atoms with Gasteiger partial charge in [0.15, 0.2) is 0 Å². The maximum absolute atomic E-state index is 16.2. The number of hydrogen-bond donors (Lipinski definition) is 2. The maximum Gasteiger partial charge on any atom is 0.412 e. The number of nitrogens with zero attached hydrogens (tertiary/aromatic N) is 5. The quantitative estimate of drug-likeness (QED) is 0.301. The van der Waals surface area contributed by atoms with Crippen LogP contribution in [-0.2, 0) is 11.3 Å². The van der Waals surface area contributed by atoms with Crippen LogP contribution < -0.4 is 5.32 Å². The van der Waals surface area contributed by atoms with Crippen LogP contribution in [-0.4, -0.2) is 74.1 Å². The summed E-state index contributed by atoms with van der Waals surface area (Å²) < 4.78 is 38.2. The van der Waals surface area contributed by atoms with Crippen molar-refractivity contribution in [1.29, 1.82) is 5.26 Å². The molecule has 14 heteroatoms. The van der Waals surface area contributed by atoms with Crippen molar-refractivity contribution < 1.29 is 33.0 Å². The van der Waals surface area contributed by atoms with Crippen LogP contribution in [0.5, 0.6) is 0 Å². The zero-order chi connectivity index (χ0) is 30.8. The van der Waals surface area contributed by atoms with Crippen molar-refractivity contribution in [3.05, 3.63) is 47.2 Å². The van der Waals surface area contributed by atoms with Crippen molar-refractivity contribution in [3.63, 3.8) is 0 Å². The molecule has 2 aromatic heterocycles. The minimum atomic E-state index is -1.06. The number of piperazine rings is 1. The molecule has 43 heavy (non-hydrogen) atoms. The molecular weight excluding hydrogens is 582 g/mol. The van der Waals surface area contributed by atoms with E-state index < -0.39 is 41.4 Å². The van der Waals surface area contributed by atoms with Gasteiger partial charge in [-0.05, 0) is 44.9 Å². The molecule has 0 saturated carbocycles. The highest BCUT2D eigenvalue weighted by Crippen LogP contribution is 2.45. The van der Waals surface area contributed by atoms with E-state index in [0.29, 0.717) is 23.9 Å².